The van der Waals surface area contributed by atoms with Crippen LogP contribution >= 0.6 is 0 Å². The Kier molecular flexibility index (Phi) is 3.36. The van der Waals surface area contributed by atoms with Crippen LogP contribution in [0.5, 0.6) is 0 Å². The lowest BCUT2D eigenvalue weighted by Gasteiger charge is -2.32. The molecule has 0 aliphatic carbocycles. The molecule has 1 aromatic rings. The summed E-state index contributed by atoms with van der Waals surface area (Å²) in [6.07, 6.45) is 0. The van der Waals surface area contributed by atoms with Crippen molar-refractivity contribution in [3.8, 4) is 0 Å². The van der Waals surface area contributed by atoms with Crippen LogP contribution in [0.4, 0.5) is 10.5 Å². The summed E-state index contributed by atoms with van der Waals surface area (Å²) in [5.41, 5.74) is 2.01. The maximum absolute atomic E-state index is 11.9. The smallest absolute Gasteiger partial charge is 0.293 e. The number of hydrogen-bond acceptors (Lipinski definition) is 2. The van der Waals surface area contributed by atoms with Crippen LogP contribution in [-0.4, -0.2) is 18.5 Å². The van der Waals surface area contributed by atoms with Crippen molar-refractivity contribution < 1.29 is 9.59 Å². The van der Waals surface area contributed by atoms with Crippen molar-refractivity contribution in [3.05, 3.63) is 29.8 Å². The van der Waals surface area contributed by atoms with E-state index in [2.05, 4.69) is 19.2 Å². The zero-order valence-corrected chi connectivity index (χ0v) is 10.9. The van der Waals surface area contributed by atoms with Gasteiger partial charge < -0.3 is 0 Å². The van der Waals surface area contributed by atoms with E-state index >= 15 is 0 Å². The molecule has 1 aliphatic rings. The van der Waals surface area contributed by atoms with Crippen molar-refractivity contribution in [1.29, 1.82) is 0 Å². The van der Waals surface area contributed by atoms with E-state index in [4.69, 9.17) is 0 Å². The number of amides is 3. The highest BCUT2D eigenvalue weighted by Gasteiger charge is 2.31. The van der Waals surface area contributed by atoms with Crippen LogP contribution in [0.15, 0.2) is 24.3 Å². The first-order valence-corrected chi connectivity index (χ1v) is 6.22. The number of para-hydroxylation sites is 1. The quantitative estimate of drug-likeness (QED) is 0.871. The summed E-state index contributed by atoms with van der Waals surface area (Å²) in [5, 5.41) is 2.39. The van der Waals surface area contributed by atoms with Gasteiger partial charge in [0.15, 0.2) is 0 Å². The molecular weight excluding hydrogens is 228 g/mol. The number of anilines is 1. The number of carbonyl (C=O) groups excluding carboxylic acids is 2. The van der Waals surface area contributed by atoms with E-state index in [0.717, 1.165) is 11.3 Å². The molecule has 96 valence electrons. The SMILES string of the molecule is CC1CN(c2ccccc2C(C)C)C(=O)NC1=O. The van der Waals surface area contributed by atoms with Crippen LogP contribution < -0.4 is 10.2 Å². The Hall–Kier alpha value is -1.84. The number of carbonyl (C=O) groups is 2. The van der Waals surface area contributed by atoms with Gasteiger partial charge in [0, 0.05) is 12.2 Å². The van der Waals surface area contributed by atoms with Gasteiger partial charge in [-0.3, -0.25) is 15.0 Å². The summed E-state index contributed by atoms with van der Waals surface area (Å²) in [7, 11) is 0. The Labute approximate surface area is 107 Å². The van der Waals surface area contributed by atoms with Gasteiger partial charge >= 0.3 is 6.03 Å². The molecule has 18 heavy (non-hydrogen) atoms. The summed E-state index contributed by atoms with van der Waals surface area (Å²) in [4.78, 5) is 25.0. The van der Waals surface area contributed by atoms with Crippen LogP contribution in [0.3, 0.4) is 0 Å². The van der Waals surface area contributed by atoms with Gasteiger partial charge in [0.2, 0.25) is 5.91 Å². The fourth-order valence-corrected chi connectivity index (χ4v) is 2.17. The van der Waals surface area contributed by atoms with E-state index in [1.807, 2.05) is 31.2 Å². The third-order valence-electron chi connectivity index (χ3n) is 3.23. The summed E-state index contributed by atoms with van der Waals surface area (Å²) < 4.78 is 0. The molecule has 0 saturated carbocycles. The molecule has 4 heteroatoms. The zero-order chi connectivity index (χ0) is 13.3. The molecule has 1 aliphatic heterocycles. The standard InChI is InChI=1S/C14H18N2O2/c1-9(2)11-6-4-5-7-12(11)16-8-10(3)13(17)15-14(16)18/h4-7,9-10H,8H2,1-3H3,(H,15,17,18). The van der Waals surface area contributed by atoms with Crippen molar-refractivity contribution in [2.24, 2.45) is 5.92 Å². The van der Waals surface area contributed by atoms with Crippen molar-refractivity contribution >= 4 is 17.6 Å². The Morgan fingerprint density at radius 3 is 2.61 bits per heavy atom. The van der Waals surface area contributed by atoms with Gasteiger partial charge in [-0.25, -0.2) is 4.79 Å². The van der Waals surface area contributed by atoms with E-state index in [0.29, 0.717) is 12.5 Å². The number of benzene rings is 1. The van der Waals surface area contributed by atoms with Gasteiger partial charge in [0.05, 0.1) is 5.92 Å². The molecule has 2 rings (SSSR count). The number of urea groups is 1. The molecule has 3 amide bonds. The van der Waals surface area contributed by atoms with Gasteiger partial charge in [0.1, 0.15) is 0 Å². The van der Waals surface area contributed by atoms with E-state index < -0.39 is 0 Å². The highest BCUT2D eigenvalue weighted by Crippen LogP contribution is 2.29. The number of nitrogens with one attached hydrogen (secondary N) is 1. The summed E-state index contributed by atoms with van der Waals surface area (Å²) >= 11 is 0. The highest BCUT2D eigenvalue weighted by atomic mass is 16.2. The van der Waals surface area contributed by atoms with Crippen LogP contribution in [0.25, 0.3) is 0 Å². The number of rotatable bonds is 2. The molecule has 0 aromatic heterocycles. The van der Waals surface area contributed by atoms with Gasteiger partial charge in [-0.1, -0.05) is 39.0 Å². The number of imide groups is 1. The van der Waals surface area contributed by atoms with Crippen LogP contribution in [0.2, 0.25) is 0 Å². The summed E-state index contributed by atoms with van der Waals surface area (Å²) in [5.74, 6) is -0.0388. The minimum atomic E-state index is -0.328. The first kappa shape index (κ1) is 12.6. The molecule has 1 aromatic carbocycles. The van der Waals surface area contributed by atoms with Gasteiger partial charge in [-0.15, -0.1) is 0 Å². The minimum absolute atomic E-state index is 0.178. The lowest BCUT2D eigenvalue weighted by atomic mass is 9.99. The molecule has 1 N–H and O–H groups in total. The third kappa shape index (κ3) is 2.23. The molecule has 0 spiro atoms. The topological polar surface area (TPSA) is 49.4 Å². The fraction of sp³-hybridized carbons (Fsp3) is 0.429. The first-order valence-electron chi connectivity index (χ1n) is 6.22. The Morgan fingerprint density at radius 2 is 1.94 bits per heavy atom. The molecule has 1 unspecified atom stereocenters. The predicted octanol–water partition coefficient (Wildman–Crippen LogP) is 2.50. The summed E-state index contributed by atoms with van der Waals surface area (Å²) in [6, 6.07) is 7.50. The fourth-order valence-electron chi connectivity index (χ4n) is 2.17. The second kappa shape index (κ2) is 4.80. The summed E-state index contributed by atoms with van der Waals surface area (Å²) in [6.45, 7) is 6.45. The zero-order valence-electron chi connectivity index (χ0n) is 10.9. The van der Waals surface area contributed by atoms with E-state index in [9.17, 15) is 9.59 Å². The minimum Gasteiger partial charge on any atom is -0.293 e. The van der Waals surface area contributed by atoms with Crippen molar-refractivity contribution in [2.75, 3.05) is 11.4 Å². The Balaban J connectivity index is 2.37. The molecular formula is C14H18N2O2. The van der Waals surface area contributed by atoms with Gasteiger partial charge in [-0.2, -0.15) is 0 Å². The average molecular weight is 246 g/mol. The largest absolute Gasteiger partial charge is 0.328 e. The van der Waals surface area contributed by atoms with Crippen LogP contribution in [-0.2, 0) is 4.79 Å². The maximum Gasteiger partial charge on any atom is 0.328 e. The van der Waals surface area contributed by atoms with E-state index in [1.165, 1.54) is 0 Å². The van der Waals surface area contributed by atoms with Crippen LogP contribution in [0.1, 0.15) is 32.3 Å². The van der Waals surface area contributed by atoms with Crippen molar-refractivity contribution in [3.63, 3.8) is 0 Å². The lowest BCUT2D eigenvalue weighted by Crippen LogP contribution is -2.54. The number of nitrogens with zero attached hydrogens (tertiary/aromatic N) is 1. The molecule has 4 nitrogen and oxygen atoms in total. The van der Waals surface area contributed by atoms with Gasteiger partial charge in [0.25, 0.3) is 0 Å². The molecule has 1 heterocycles. The number of hydrogen-bond donors (Lipinski definition) is 1. The average Bonchev–Trinajstić information content (AvgIpc) is 2.34. The lowest BCUT2D eigenvalue weighted by molar-refractivity contribution is -0.123. The van der Waals surface area contributed by atoms with E-state index in [-0.39, 0.29) is 17.9 Å². The molecule has 1 atom stereocenters. The second-order valence-electron chi connectivity index (χ2n) is 5.02. The Morgan fingerprint density at radius 1 is 1.28 bits per heavy atom. The molecule has 1 saturated heterocycles. The monoisotopic (exact) mass is 246 g/mol. The molecule has 0 radical (unpaired) electrons. The maximum atomic E-state index is 11.9. The predicted molar refractivity (Wildman–Crippen MR) is 70.6 cm³/mol. The molecule has 0 bridgehead atoms. The van der Waals surface area contributed by atoms with Crippen LogP contribution in [0, 0.1) is 5.92 Å². The second-order valence-corrected chi connectivity index (χ2v) is 5.02. The van der Waals surface area contributed by atoms with E-state index in [1.54, 1.807) is 4.90 Å². The Bertz CT molecular complexity index is 482. The van der Waals surface area contributed by atoms with Gasteiger partial charge in [-0.05, 0) is 17.5 Å². The molecule has 1 fully saturated rings. The first-order chi connectivity index (χ1) is 8.50. The van der Waals surface area contributed by atoms with Crippen molar-refractivity contribution in [2.45, 2.75) is 26.7 Å². The normalized spacial score (nSPS) is 20.2. The third-order valence-corrected chi connectivity index (χ3v) is 3.23. The highest BCUT2D eigenvalue weighted by molar-refractivity contribution is 6.06. The van der Waals surface area contributed by atoms with Crippen molar-refractivity contribution in [1.82, 2.24) is 5.32 Å².